The maximum Gasteiger partial charge on any atom is 0.142 e. The Balaban J connectivity index is 2.22. The second kappa shape index (κ2) is 4.98. The second-order valence-electron chi connectivity index (χ2n) is 4.18. The van der Waals surface area contributed by atoms with E-state index in [1.54, 1.807) is 12.1 Å². The molecule has 2 rings (SSSR count). The van der Waals surface area contributed by atoms with Gasteiger partial charge in [-0.15, -0.1) is 0 Å². The molecule has 0 aliphatic heterocycles. The first-order valence-electron chi connectivity index (χ1n) is 5.58. The Hall–Kier alpha value is -0.860. The van der Waals surface area contributed by atoms with Gasteiger partial charge in [0.1, 0.15) is 5.82 Å². The van der Waals surface area contributed by atoms with Crippen LogP contribution in [0.25, 0.3) is 0 Å². The van der Waals surface area contributed by atoms with E-state index in [0.717, 1.165) is 18.4 Å². The quantitative estimate of drug-likeness (QED) is 0.777. The van der Waals surface area contributed by atoms with Crippen LogP contribution in [0.4, 0.5) is 4.39 Å². The molecule has 1 atom stereocenters. The molecule has 0 saturated heterocycles. The highest BCUT2D eigenvalue weighted by atomic mass is 35.5. The summed E-state index contributed by atoms with van der Waals surface area (Å²) in [5.41, 5.74) is 8.13. The molecule has 0 spiro atoms. The molecule has 1 nitrogen and oxygen atoms in total. The van der Waals surface area contributed by atoms with Crippen LogP contribution in [0, 0.1) is 5.82 Å². The molecule has 0 bridgehead atoms. The van der Waals surface area contributed by atoms with E-state index in [2.05, 4.69) is 6.08 Å². The van der Waals surface area contributed by atoms with Crippen LogP contribution < -0.4 is 5.73 Å². The summed E-state index contributed by atoms with van der Waals surface area (Å²) in [6.45, 7) is 0. The fourth-order valence-electron chi connectivity index (χ4n) is 2.07. The van der Waals surface area contributed by atoms with Gasteiger partial charge in [-0.05, 0) is 43.4 Å². The molecule has 1 aliphatic carbocycles. The fourth-order valence-corrected chi connectivity index (χ4v) is 2.18. The van der Waals surface area contributed by atoms with Gasteiger partial charge in [0, 0.05) is 0 Å². The summed E-state index contributed by atoms with van der Waals surface area (Å²) in [6.07, 6.45) is 6.69. The molecule has 1 aromatic carbocycles. The first-order valence-corrected chi connectivity index (χ1v) is 5.96. The Morgan fingerprint density at radius 3 is 2.75 bits per heavy atom. The van der Waals surface area contributed by atoms with E-state index in [0.29, 0.717) is 0 Å². The molecule has 86 valence electrons. The number of nitrogens with two attached hydrogens (primary N) is 1. The summed E-state index contributed by atoms with van der Waals surface area (Å²) in [4.78, 5) is 0. The lowest BCUT2D eigenvalue weighted by atomic mass is 9.90. The van der Waals surface area contributed by atoms with Gasteiger partial charge in [0.05, 0.1) is 11.1 Å². The van der Waals surface area contributed by atoms with Crippen molar-refractivity contribution in [3.63, 3.8) is 0 Å². The third kappa shape index (κ3) is 2.45. The predicted octanol–water partition coefficient (Wildman–Crippen LogP) is 3.98. The fraction of sp³-hybridized carbons (Fsp3) is 0.385. The van der Waals surface area contributed by atoms with Gasteiger partial charge in [0.2, 0.25) is 0 Å². The zero-order valence-corrected chi connectivity index (χ0v) is 9.80. The average molecular weight is 240 g/mol. The van der Waals surface area contributed by atoms with Crippen LogP contribution in [-0.2, 0) is 0 Å². The third-order valence-electron chi connectivity index (χ3n) is 3.03. The van der Waals surface area contributed by atoms with Crippen LogP contribution in [0.5, 0.6) is 0 Å². The van der Waals surface area contributed by atoms with E-state index in [4.69, 9.17) is 17.3 Å². The Morgan fingerprint density at radius 1 is 1.31 bits per heavy atom. The molecule has 16 heavy (non-hydrogen) atoms. The second-order valence-corrected chi connectivity index (χ2v) is 4.58. The Morgan fingerprint density at radius 2 is 2.12 bits per heavy atom. The summed E-state index contributed by atoms with van der Waals surface area (Å²) in [5.74, 6) is -0.397. The molecule has 1 unspecified atom stereocenters. The molecule has 0 radical (unpaired) electrons. The molecule has 1 aromatic rings. The van der Waals surface area contributed by atoms with E-state index < -0.39 is 5.82 Å². The minimum Gasteiger partial charge on any atom is -0.321 e. The average Bonchev–Trinajstić information content (AvgIpc) is 2.33. The van der Waals surface area contributed by atoms with E-state index >= 15 is 0 Å². The number of rotatable bonds is 2. The van der Waals surface area contributed by atoms with Crippen LogP contribution in [0.15, 0.2) is 29.8 Å². The highest BCUT2D eigenvalue weighted by Gasteiger charge is 2.15. The van der Waals surface area contributed by atoms with E-state index in [1.807, 2.05) is 0 Å². The standard InChI is InChI=1S/C13H15ClFN/c14-11-7-6-10(8-12(11)15)13(16)9-4-2-1-3-5-9/h4,6-8,13H,1-3,5,16H2. The maximum absolute atomic E-state index is 13.3. The van der Waals surface area contributed by atoms with Gasteiger partial charge < -0.3 is 5.73 Å². The molecule has 2 N–H and O–H groups in total. The van der Waals surface area contributed by atoms with Crippen molar-refractivity contribution in [2.24, 2.45) is 5.73 Å². The van der Waals surface area contributed by atoms with Gasteiger partial charge in [-0.1, -0.05) is 29.3 Å². The van der Waals surface area contributed by atoms with Crippen LogP contribution in [0.3, 0.4) is 0 Å². The van der Waals surface area contributed by atoms with E-state index in [1.165, 1.54) is 24.5 Å². The third-order valence-corrected chi connectivity index (χ3v) is 3.33. The molecular weight excluding hydrogens is 225 g/mol. The largest absolute Gasteiger partial charge is 0.321 e. The van der Waals surface area contributed by atoms with Crippen molar-refractivity contribution in [1.29, 1.82) is 0 Å². The number of benzene rings is 1. The summed E-state index contributed by atoms with van der Waals surface area (Å²) in [7, 11) is 0. The van der Waals surface area contributed by atoms with Crippen LogP contribution in [0.2, 0.25) is 5.02 Å². The monoisotopic (exact) mass is 239 g/mol. The minimum atomic E-state index is -0.397. The summed E-state index contributed by atoms with van der Waals surface area (Å²) >= 11 is 5.64. The zero-order chi connectivity index (χ0) is 11.5. The first kappa shape index (κ1) is 11.6. The van der Waals surface area contributed by atoms with Gasteiger partial charge in [-0.2, -0.15) is 0 Å². The molecule has 0 amide bonds. The molecule has 0 aromatic heterocycles. The van der Waals surface area contributed by atoms with Gasteiger partial charge in [0.25, 0.3) is 0 Å². The van der Waals surface area contributed by atoms with Crippen molar-refractivity contribution in [3.05, 3.63) is 46.3 Å². The SMILES string of the molecule is NC(C1=CCCCC1)c1ccc(Cl)c(F)c1. The lowest BCUT2D eigenvalue weighted by Gasteiger charge is -2.20. The summed E-state index contributed by atoms with van der Waals surface area (Å²) < 4.78 is 13.3. The van der Waals surface area contributed by atoms with Crippen molar-refractivity contribution in [2.75, 3.05) is 0 Å². The normalized spacial score (nSPS) is 18.1. The van der Waals surface area contributed by atoms with Crippen molar-refractivity contribution in [2.45, 2.75) is 31.7 Å². The Labute approximate surface area is 100 Å². The molecule has 3 heteroatoms. The van der Waals surface area contributed by atoms with Crippen molar-refractivity contribution in [3.8, 4) is 0 Å². The number of halogens is 2. The molecular formula is C13H15ClFN. The van der Waals surface area contributed by atoms with Gasteiger partial charge in [-0.25, -0.2) is 4.39 Å². The first-order chi connectivity index (χ1) is 7.68. The number of hydrogen-bond donors (Lipinski definition) is 1. The van der Waals surface area contributed by atoms with Crippen LogP contribution in [-0.4, -0.2) is 0 Å². The van der Waals surface area contributed by atoms with Crippen LogP contribution >= 0.6 is 11.6 Å². The Bertz CT molecular complexity index is 414. The smallest absolute Gasteiger partial charge is 0.142 e. The van der Waals surface area contributed by atoms with Crippen molar-refractivity contribution < 1.29 is 4.39 Å². The minimum absolute atomic E-state index is 0.147. The van der Waals surface area contributed by atoms with Gasteiger partial charge in [0.15, 0.2) is 0 Å². The van der Waals surface area contributed by atoms with E-state index in [9.17, 15) is 4.39 Å². The van der Waals surface area contributed by atoms with Crippen LogP contribution in [0.1, 0.15) is 37.3 Å². The molecule has 0 heterocycles. The molecule has 1 aliphatic rings. The lowest BCUT2D eigenvalue weighted by Crippen LogP contribution is -2.15. The summed E-state index contributed by atoms with van der Waals surface area (Å²) in [5, 5.41) is 0.147. The predicted molar refractivity (Wildman–Crippen MR) is 64.9 cm³/mol. The summed E-state index contributed by atoms with van der Waals surface area (Å²) in [6, 6.07) is 4.61. The maximum atomic E-state index is 13.3. The highest BCUT2D eigenvalue weighted by Crippen LogP contribution is 2.29. The number of allylic oxidation sites excluding steroid dienone is 1. The molecule has 0 saturated carbocycles. The van der Waals surface area contributed by atoms with Gasteiger partial charge >= 0.3 is 0 Å². The van der Waals surface area contributed by atoms with Gasteiger partial charge in [-0.3, -0.25) is 0 Å². The highest BCUT2D eigenvalue weighted by molar-refractivity contribution is 6.30. The van der Waals surface area contributed by atoms with E-state index in [-0.39, 0.29) is 11.1 Å². The zero-order valence-electron chi connectivity index (χ0n) is 9.05. The Kier molecular flexibility index (Phi) is 3.62. The topological polar surface area (TPSA) is 26.0 Å². The molecule has 0 fully saturated rings. The van der Waals surface area contributed by atoms with Crippen molar-refractivity contribution in [1.82, 2.24) is 0 Å². The van der Waals surface area contributed by atoms with Crippen molar-refractivity contribution >= 4 is 11.6 Å². The number of hydrogen-bond acceptors (Lipinski definition) is 1. The lowest BCUT2D eigenvalue weighted by molar-refractivity contribution is 0.617.